The van der Waals surface area contributed by atoms with Gasteiger partial charge in [0.1, 0.15) is 0 Å². The number of nitrogens with zero attached hydrogens (tertiary/aromatic N) is 1. The number of anilines is 1. The van der Waals surface area contributed by atoms with Crippen molar-refractivity contribution in [3.8, 4) is 0 Å². The van der Waals surface area contributed by atoms with E-state index in [1.165, 1.54) is 0 Å². The maximum atomic E-state index is 12.2. The second-order valence-electron chi connectivity index (χ2n) is 5.75. The largest absolute Gasteiger partial charge is 0.368 e. The van der Waals surface area contributed by atoms with Crippen molar-refractivity contribution in [2.24, 2.45) is 5.73 Å². The SMILES string of the molecule is Cc1ccc(C)c(NC(=O)CN2CCCC[C@@H]2C(N)=O)c1. The van der Waals surface area contributed by atoms with E-state index in [2.05, 4.69) is 5.32 Å². The zero-order valence-corrected chi connectivity index (χ0v) is 12.7. The molecule has 0 unspecified atom stereocenters. The molecule has 114 valence electrons. The molecular formula is C16H23N3O2. The Balaban J connectivity index is 2.00. The minimum atomic E-state index is -0.339. The van der Waals surface area contributed by atoms with Gasteiger partial charge in [-0.15, -0.1) is 0 Å². The summed E-state index contributed by atoms with van der Waals surface area (Å²) in [4.78, 5) is 25.5. The number of likely N-dealkylation sites (tertiary alicyclic amines) is 1. The Bertz CT molecular complexity index is 542. The van der Waals surface area contributed by atoms with E-state index in [1.54, 1.807) is 0 Å². The van der Waals surface area contributed by atoms with Gasteiger partial charge in [-0.3, -0.25) is 14.5 Å². The van der Waals surface area contributed by atoms with E-state index in [0.29, 0.717) is 0 Å². The Kier molecular flexibility index (Phi) is 4.96. The summed E-state index contributed by atoms with van der Waals surface area (Å²) in [6.07, 6.45) is 2.73. The van der Waals surface area contributed by atoms with Crippen molar-refractivity contribution in [2.45, 2.75) is 39.2 Å². The van der Waals surface area contributed by atoms with Crippen LogP contribution in [-0.4, -0.2) is 35.8 Å². The Hall–Kier alpha value is -1.88. The van der Waals surface area contributed by atoms with E-state index >= 15 is 0 Å². The van der Waals surface area contributed by atoms with Crippen molar-refractivity contribution in [2.75, 3.05) is 18.4 Å². The number of piperidine rings is 1. The molecule has 1 aliphatic rings. The number of carbonyl (C=O) groups excluding carboxylic acids is 2. The molecule has 0 radical (unpaired) electrons. The van der Waals surface area contributed by atoms with Gasteiger partial charge in [-0.1, -0.05) is 18.6 Å². The fourth-order valence-electron chi connectivity index (χ4n) is 2.75. The molecule has 0 spiro atoms. The molecule has 1 saturated heterocycles. The van der Waals surface area contributed by atoms with Gasteiger partial charge < -0.3 is 11.1 Å². The molecule has 0 aliphatic carbocycles. The summed E-state index contributed by atoms with van der Waals surface area (Å²) < 4.78 is 0. The van der Waals surface area contributed by atoms with Crippen LogP contribution in [0.15, 0.2) is 18.2 Å². The minimum Gasteiger partial charge on any atom is -0.368 e. The van der Waals surface area contributed by atoms with E-state index in [-0.39, 0.29) is 24.4 Å². The topological polar surface area (TPSA) is 75.4 Å². The van der Waals surface area contributed by atoms with Crippen LogP contribution in [0.4, 0.5) is 5.69 Å². The molecule has 0 bridgehead atoms. The van der Waals surface area contributed by atoms with Crippen LogP contribution < -0.4 is 11.1 Å². The number of hydrogen-bond donors (Lipinski definition) is 2. The lowest BCUT2D eigenvalue weighted by Gasteiger charge is -2.32. The maximum absolute atomic E-state index is 12.2. The number of amides is 2. The van der Waals surface area contributed by atoms with Crippen molar-refractivity contribution >= 4 is 17.5 Å². The number of aryl methyl sites for hydroxylation is 2. The molecule has 1 fully saturated rings. The minimum absolute atomic E-state index is 0.100. The molecule has 1 heterocycles. The fourth-order valence-corrected chi connectivity index (χ4v) is 2.75. The molecule has 3 N–H and O–H groups in total. The van der Waals surface area contributed by atoms with E-state index in [9.17, 15) is 9.59 Å². The lowest BCUT2D eigenvalue weighted by Crippen LogP contribution is -2.50. The summed E-state index contributed by atoms with van der Waals surface area (Å²) in [5.41, 5.74) is 8.37. The predicted molar refractivity (Wildman–Crippen MR) is 83.0 cm³/mol. The molecule has 1 aromatic carbocycles. The average Bonchev–Trinajstić information content (AvgIpc) is 2.43. The molecule has 0 aromatic heterocycles. The molecule has 0 saturated carbocycles. The lowest BCUT2D eigenvalue weighted by molar-refractivity contribution is -0.126. The van der Waals surface area contributed by atoms with Gasteiger partial charge in [0.15, 0.2) is 0 Å². The third-order valence-electron chi connectivity index (χ3n) is 3.96. The summed E-state index contributed by atoms with van der Waals surface area (Å²) in [6.45, 7) is 4.90. The number of nitrogens with two attached hydrogens (primary N) is 1. The molecule has 21 heavy (non-hydrogen) atoms. The van der Waals surface area contributed by atoms with Crippen LogP contribution >= 0.6 is 0 Å². The Morgan fingerprint density at radius 1 is 1.33 bits per heavy atom. The maximum Gasteiger partial charge on any atom is 0.238 e. The number of nitrogens with one attached hydrogen (secondary N) is 1. The third-order valence-corrected chi connectivity index (χ3v) is 3.96. The predicted octanol–water partition coefficient (Wildman–Crippen LogP) is 1.58. The second-order valence-corrected chi connectivity index (χ2v) is 5.75. The highest BCUT2D eigenvalue weighted by Crippen LogP contribution is 2.18. The highest BCUT2D eigenvalue weighted by Gasteiger charge is 2.28. The second kappa shape index (κ2) is 6.72. The molecule has 5 nitrogen and oxygen atoms in total. The molecular weight excluding hydrogens is 266 g/mol. The highest BCUT2D eigenvalue weighted by atomic mass is 16.2. The normalized spacial score (nSPS) is 19.2. The van der Waals surface area contributed by atoms with Gasteiger partial charge in [-0.2, -0.15) is 0 Å². The summed E-state index contributed by atoms with van der Waals surface area (Å²) in [6, 6.07) is 5.63. The van der Waals surface area contributed by atoms with Gasteiger partial charge in [-0.05, 0) is 50.4 Å². The van der Waals surface area contributed by atoms with E-state index in [4.69, 9.17) is 5.73 Å². The van der Waals surface area contributed by atoms with Gasteiger partial charge in [-0.25, -0.2) is 0 Å². The van der Waals surface area contributed by atoms with Gasteiger partial charge in [0.05, 0.1) is 12.6 Å². The van der Waals surface area contributed by atoms with Crippen LogP contribution in [0.3, 0.4) is 0 Å². The van der Waals surface area contributed by atoms with Crippen molar-refractivity contribution in [3.63, 3.8) is 0 Å². The van der Waals surface area contributed by atoms with Crippen molar-refractivity contribution in [1.29, 1.82) is 0 Å². The third kappa shape index (κ3) is 4.04. The average molecular weight is 289 g/mol. The Morgan fingerprint density at radius 3 is 2.81 bits per heavy atom. The van der Waals surface area contributed by atoms with Crippen molar-refractivity contribution < 1.29 is 9.59 Å². The monoisotopic (exact) mass is 289 g/mol. The standard InChI is InChI=1S/C16H23N3O2/c1-11-6-7-12(2)13(9-11)18-15(20)10-19-8-4-3-5-14(19)16(17)21/h6-7,9,14H,3-5,8,10H2,1-2H3,(H2,17,21)(H,18,20)/t14-/m1/s1. The van der Waals surface area contributed by atoms with Crippen LogP contribution in [0.2, 0.25) is 0 Å². The van der Waals surface area contributed by atoms with E-state index < -0.39 is 0 Å². The van der Waals surface area contributed by atoms with Gasteiger partial charge in [0, 0.05) is 5.69 Å². The van der Waals surface area contributed by atoms with E-state index in [1.807, 2.05) is 36.9 Å². The number of hydrogen-bond acceptors (Lipinski definition) is 3. The van der Waals surface area contributed by atoms with Gasteiger partial charge in [0.2, 0.25) is 11.8 Å². The molecule has 2 amide bonds. The number of benzene rings is 1. The first-order valence-electron chi connectivity index (χ1n) is 7.38. The summed E-state index contributed by atoms with van der Waals surface area (Å²) in [7, 11) is 0. The first kappa shape index (κ1) is 15.5. The van der Waals surface area contributed by atoms with Crippen LogP contribution in [0, 0.1) is 13.8 Å². The summed E-state index contributed by atoms with van der Waals surface area (Å²) >= 11 is 0. The lowest BCUT2D eigenvalue weighted by atomic mass is 10.0. The molecule has 1 atom stereocenters. The smallest absolute Gasteiger partial charge is 0.238 e. The van der Waals surface area contributed by atoms with E-state index in [0.717, 1.165) is 42.6 Å². The van der Waals surface area contributed by atoms with Crippen LogP contribution in [0.1, 0.15) is 30.4 Å². The first-order valence-corrected chi connectivity index (χ1v) is 7.38. The number of rotatable bonds is 4. The molecule has 2 rings (SSSR count). The molecule has 1 aliphatic heterocycles. The van der Waals surface area contributed by atoms with Gasteiger partial charge in [0.25, 0.3) is 0 Å². The fraction of sp³-hybridized carbons (Fsp3) is 0.500. The Labute approximate surface area is 125 Å². The zero-order valence-electron chi connectivity index (χ0n) is 12.7. The quantitative estimate of drug-likeness (QED) is 0.883. The van der Waals surface area contributed by atoms with Crippen molar-refractivity contribution in [3.05, 3.63) is 29.3 Å². The molecule has 5 heteroatoms. The van der Waals surface area contributed by atoms with Crippen LogP contribution in [-0.2, 0) is 9.59 Å². The summed E-state index contributed by atoms with van der Waals surface area (Å²) in [5.74, 6) is -0.439. The Morgan fingerprint density at radius 2 is 2.10 bits per heavy atom. The van der Waals surface area contributed by atoms with Gasteiger partial charge >= 0.3 is 0 Å². The van der Waals surface area contributed by atoms with Crippen LogP contribution in [0.25, 0.3) is 0 Å². The number of carbonyl (C=O) groups is 2. The van der Waals surface area contributed by atoms with Crippen molar-refractivity contribution in [1.82, 2.24) is 4.90 Å². The number of primary amides is 1. The van der Waals surface area contributed by atoms with Crippen LogP contribution in [0.5, 0.6) is 0 Å². The summed E-state index contributed by atoms with van der Waals surface area (Å²) in [5, 5.41) is 2.93. The molecule has 1 aromatic rings. The highest BCUT2D eigenvalue weighted by molar-refractivity contribution is 5.93. The first-order chi connectivity index (χ1) is 9.97. The zero-order chi connectivity index (χ0) is 15.4.